The van der Waals surface area contributed by atoms with Crippen LogP contribution in [0.15, 0.2) is 37.1 Å². The van der Waals surface area contributed by atoms with Crippen molar-refractivity contribution in [1.29, 1.82) is 0 Å². The molecular formula is C13H10N6. The Morgan fingerprint density at radius 2 is 2.05 bits per heavy atom. The van der Waals surface area contributed by atoms with E-state index in [1.165, 1.54) is 0 Å². The van der Waals surface area contributed by atoms with Crippen molar-refractivity contribution in [2.75, 3.05) is 0 Å². The maximum absolute atomic E-state index is 4.45. The first-order chi connectivity index (χ1) is 9.34. The van der Waals surface area contributed by atoms with E-state index in [1.807, 2.05) is 23.9 Å². The van der Waals surface area contributed by atoms with E-state index in [4.69, 9.17) is 0 Å². The second kappa shape index (κ2) is 3.61. The summed E-state index contributed by atoms with van der Waals surface area (Å²) >= 11 is 0. The van der Waals surface area contributed by atoms with Gasteiger partial charge in [0, 0.05) is 22.7 Å². The Hall–Kier alpha value is -2.76. The molecule has 0 spiro atoms. The van der Waals surface area contributed by atoms with E-state index >= 15 is 0 Å². The van der Waals surface area contributed by atoms with Gasteiger partial charge in [0.15, 0.2) is 0 Å². The molecule has 0 amide bonds. The molecule has 4 rings (SSSR count). The Morgan fingerprint density at radius 3 is 3.00 bits per heavy atom. The van der Waals surface area contributed by atoms with Crippen LogP contribution in [0, 0.1) is 6.92 Å². The smallest absolute Gasteiger partial charge is 0.0946 e. The highest BCUT2D eigenvalue weighted by atomic mass is 15.3. The molecule has 0 saturated heterocycles. The summed E-state index contributed by atoms with van der Waals surface area (Å²) in [6, 6.07) is 1.95. The first kappa shape index (κ1) is 10.2. The third-order valence-corrected chi connectivity index (χ3v) is 3.27. The summed E-state index contributed by atoms with van der Waals surface area (Å²) in [6.45, 7) is 1.98. The summed E-state index contributed by atoms with van der Waals surface area (Å²) < 4.78 is 1.87. The van der Waals surface area contributed by atoms with Crippen molar-refractivity contribution in [3.8, 4) is 5.69 Å². The van der Waals surface area contributed by atoms with Crippen LogP contribution >= 0.6 is 0 Å². The Bertz CT molecular complexity index is 888. The highest BCUT2D eigenvalue weighted by Gasteiger charge is 2.11. The third kappa shape index (κ3) is 1.36. The van der Waals surface area contributed by atoms with E-state index in [0.29, 0.717) is 0 Å². The number of aromatic amines is 1. The predicted molar refractivity (Wildman–Crippen MR) is 71.0 cm³/mol. The summed E-state index contributed by atoms with van der Waals surface area (Å²) in [6.07, 6.45) is 8.95. The van der Waals surface area contributed by atoms with Crippen molar-refractivity contribution in [3.63, 3.8) is 0 Å². The van der Waals surface area contributed by atoms with Gasteiger partial charge < -0.3 is 0 Å². The lowest BCUT2D eigenvalue weighted by Gasteiger charge is -2.04. The minimum absolute atomic E-state index is 0.895. The molecule has 0 aromatic carbocycles. The summed E-state index contributed by atoms with van der Waals surface area (Å²) in [5, 5.41) is 13.5. The summed E-state index contributed by atoms with van der Waals surface area (Å²) in [5.74, 6) is 0. The fourth-order valence-electron chi connectivity index (χ4n) is 2.30. The van der Waals surface area contributed by atoms with Gasteiger partial charge in [-0.05, 0) is 13.0 Å². The van der Waals surface area contributed by atoms with E-state index in [-0.39, 0.29) is 0 Å². The van der Waals surface area contributed by atoms with Gasteiger partial charge in [-0.1, -0.05) is 0 Å². The van der Waals surface area contributed by atoms with E-state index in [2.05, 4.69) is 25.3 Å². The number of H-pyrrole nitrogens is 1. The topological polar surface area (TPSA) is 72.3 Å². The highest BCUT2D eigenvalue weighted by Crippen LogP contribution is 2.23. The standard InChI is InChI=1S/C13H10N6/c1-8-9-5-17-19(12(9)2-3-15-8)13-7-14-6-11-10(13)4-16-18-11/h2-7H,1H3,(H,16,18). The maximum atomic E-state index is 4.45. The second-order valence-electron chi connectivity index (χ2n) is 4.38. The fraction of sp³-hybridized carbons (Fsp3) is 0.0769. The molecule has 0 aliphatic carbocycles. The van der Waals surface area contributed by atoms with E-state index < -0.39 is 0 Å². The zero-order chi connectivity index (χ0) is 12.8. The maximum Gasteiger partial charge on any atom is 0.0946 e. The molecule has 0 saturated carbocycles. The van der Waals surface area contributed by atoms with Gasteiger partial charge in [-0.25, -0.2) is 4.68 Å². The van der Waals surface area contributed by atoms with Gasteiger partial charge in [-0.3, -0.25) is 15.1 Å². The summed E-state index contributed by atoms with van der Waals surface area (Å²) in [4.78, 5) is 8.50. The number of aryl methyl sites for hydroxylation is 1. The van der Waals surface area contributed by atoms with Gasteiger partial charge in [-0.2, -0.15) is 10.2 Å². The number of aromatic nitrogens is 6. The van der Waals surface area contributed by atoms with Gasteiger partial charge in [-0.15, -0.1) is 0 Å². The molecule has 0 aliphatic rings. The zero-order valence-electron chi connectivity index (χ0n) is 10.2. The number of pyridine rings is 2. The average Bonchev–Trinajstić information content (AvgIpc) is 3.05. The lowest BCUT2D eigenvalue weighted by Crippen LogP contribution is -1.97. The number of hydrogen-bond acceptors (Lipinski definition) is 4. The monoisotopic (exact) mass is 250 g/mol. The van der Waals surface area contributed by atoms with Gasteiger partial charge in [0.05, 0.1) is 41.5 Å². The molecular weight excluding hydrogens is 240 g/mol. The van der Waals surface area contributed by atoms with Crippen LogP contribution in [0.2, 0.25) is 0 Å². The van der Waals surface area contributed by atoms with Gasteiger partial charge in [0.2, 0.25) is 0 Å². The first-order valence-electron chi connectivity index (χ1n) is 5.91. The molecule has 6 heteroatoms. The molecule has 6 nitrogen and oxygen atoms in total. The molecule has 19 heavy (non-hydrogen) atoms. The molecule has 0 aliphatic heterocycles. The van der Waals surface area contributed by atoms with Gasteiger partial charge in [0.25, 0.3) is 0 Å². The number of nitrogens with zero attached hydrogens (tertiary/aromatic N) is 5. The summed E-state index contributed by atoms with van der Waals surface area (Å²) in [5.41, 5.74) is 3.79. The van der Waals surface area contributed by atoms with Crippen molar-refractivity contribution in [3.05, 3.63) is 42.7 Å². The molecule has 0 unspecified atom stereocenters. The van der Waals surface area contributed by atoms with E-state index in [0.717, 1.165) is 33.2 Å². The quantitative estimate of drug-likeness (QED) is 0.560. The Morgan fingerprint density at radius 1 is 1.11 bits per heavy atom. The molecule has 4 aromatic rings. The van der Waals surface area contributed by atoms with Gasteiger partial charge >= 0.3 is 0 Å². The molecule has 4 aromatic heterocycles. The predicted octanol–water partition coefficient (Wildman–Crippen LogP) is 2.00. The minimum Gasteiger partial charge on any atom is -0.276 e. The first-order valence-corrected chi connectivity index (χ1v) is 5.91. The minimum atomic E-state index is 0.895. The Labute approximate surface area is 108 Å². The average molecular weight is 250 g/mol. The normalized spacial score (nSPS) is 11.4. The number of fused-ring (bicyclic) bond motifs is 2. The van der Waals surface area contributed by atoms with Crippen LogP contribution in [0.4, 0.5) is 0 Å². The van der Waals surface area contributed by atoms with E-state index in [9.17, 15) is 0 Å². The molecule has 0 bridgehead atoms. The van der Waals surface area contributed by atoms with Gasteiger partial charge in [0.1, 0.15) is 0 Å². The number of nitrogens with one attached hydrogen (secondary N) is 1. The fourth-order valence-corrected chi connectivity index (χ4v) is 2.30. The second-order valence-corrected chi connectivity index (χ2v) is 4.38. The lowest BCUT2D eigenvalue weighted by molar-refractivity contribution is 0.911. The molecule has 0 fully saturated rings. The SMILES string of the molecule is Cc1nccc2c1cnn2-c1cncc2[nH]ncc12. The zero-order valence-corrected chi connectivity index (χ0v) is 10.2. The Kier molecular flexibility index (Phi) is 1.94. The molecule has 4 heterocycles. The van der Waals surface area contributed by atoms with Crippen molar-refractivity contribution in [2.24, 2.45) is 0 Å². The van der Waals surface area contributed by atoms with Crippen LogP contribution in [-0.4, -0.2) is 29.9 Å². The van der Waals surface area contributed by atoms with Crippen LogP contribution in [0.1, 0.15) is 5.69 Å². The van der Waals surface area contributed by atoms with Crippen molar-refractivity contribution < 1.29 is 0 Å². The van der Waals surface area contributed by atoms with Crippen LogP contribution in [-0.2, 0) is 0 Å². The van der Waals surface area contributed by atoms with E-state index in [1.54, 1.807) is 24.8 Å². The van der Waals surface area contributed by atoms with Crippen molar-refractivity contribution in [2.45, 2.75) is 6.92 Å². The molecule has 0 radical (unpaired) electrons. The third-order valence-electron chi connectivity index (χ3n) is 3.27. The van der Waals surface area contributed by atoms with Crippen LogP contribution in [0.3, 0.4) is 0 Å². The lowest BCUT2D eigenvalue weighted by atomic mass is 10.2. The van der Waals surface area contributed by atoms with Crippen molar-refractivity contribution in [1.82, 2.24) is 29.9 Å². The van der Waals surface area contributed by atoms with Crippen LogP contribution in [0.5, 0.6) is 0 Å². The van der Waals surface area contributed by atoms with Crippen LogP contribution < -0.4 is 0 Å². The number of rotatable bonds is 1. The molecule has 1 N–H and O–H groups in total. The van der Waals surface area contributed by atoms with Crippen molar-refractivity contribution >= 4 is 21.8 Å². The van der Waals surface area contributed by atoms with Crippen LogP contribution in [0.25, 0.3) is 27.5 Å². The summed E-state index contributed by atoms with van der Waals surface area (Å²) in [7, 11) is 0. The molecule has 0 atom stereocenters. The highest BCUT2D eigenvalue weighted by molar-refractivity contribution is 5.89. The largest absolute Gasteiger partial charge is 0.276 e. The molecule has 92 valence electrons. The number of hydrogen-bond donors (Lipinski definition) is 1. The Balaban J connectivity index is 2.10.